The van der Waals surface area contributed by atoms with E-state index in [4.69, 9.17) is 9.99 Å². The number of hydrogen-bond acceptors (Lipinski definition) is 6. The highest BCUT2D eigenvalue weighted by Crippen LogP contribution is 2.69. The van der Waals surface area contributed by atoms with Crippen molar-refractivity contribution in [3.05, 3.63) is 0 Å². The predicted octanol–water partition coefficient (Wildman–Crippen LogP) is 3.76. The van der Waals surface area contributed by atoms with E-state index in [0.717, 1.165) is 70.2 Å². The molecule has 1 unspecified atom stereocenters. The van der Waals surface area contributed by atoms with Gasteiger partial charge in [0.1, 0.15) is 6.10 Å². The van der Waals surface area contributed by atoms with Crippen LogP contribution in [0.5, 0.6) is 0 Å². The summed E-state index contributed by atoms with van der Waals surface area (Å²) in [6.07, 6.45) is 7.27. The molecule has 4 saturated carbocycles. The fourth-order valence-electron chi connectivity index (χ4n) is 9.62. The second-order valence-electron chi connectivity index (χ2n) is 13.1. The maximum Gasteiger partial charge on any atom is 0.130 e. The molecule has 0 amide bonds. The zero-order chi connectivity index (χ0) is 23.6. The molecule has 5 aliphatic rings. The van der Waals surface area contributed by atoms with Gasteiger partial charge < -0.3 is 25.5 Å². The van der Waals surface area contributed by atoms with Crippen molar-refractivity contribution in [2.24, 2.45) is 51.0 Å². The molecule has 1 aliphatic heterocycles. The number of nitrogens with one attached hydrogen (secondary N) is 1. The number of aliphatic hydroxyl groups is 3. The molecule has 5 fully saturated rings. The van der Waals surface area contributed by atoms with Crippen molar-refractivity contribution in [3.8, 4) is 0 Å². The summed E-state index contributed by atoms with van der Waals surface area (Å²) in [4.78, 5) is 6.05. The molecule has 0 bridgehead atoms. The van der Waals surface area contributed by atoms with Gasteiger partial charge in [-0.1, -0.05) is 32.9 Å². The number of hydrogen-bond donors (Lipinski definition) is 4. The molecule has 0 radical (unpaired) electrons. The first-order valence-corrected chi connectivity index (χ1v) is 13.6. The minimum Gasteiger partial charge on any atom is -0.396 e. The minimum absolute atomic E-state index is 0. The highest BCUT2D eigenvalue weighted by Gasteiger charge is 2.67. The largest absolute Gasteiger partial charge is 0.396 e. The Balaban J connectivity index is 0.00000274. The van der Waals surface area contributed by atoms with Gasteiger partial charge in [0.05, 0.1) is 17.9 Å². The van der Waals surface area contributed by atoms with Crippen molar-refractivity contribution in [2.75, 3.05) is 19.7 Å². The molecule has 0 spiro atoms. The predicted molar refractivity (Wildman–Crippen MR) is 136 cm³/mol. The highest BCUT2D eigenvalue weighted by atomic mass is 35.5. The Hall–Kier alpha value is -0.400. The van der Waals surface area contributed by atoms with E-state index in [-0.39, 0.29) is 65.2 Å². The molecular weight excluding hydrogens is 452 g/mol. The van der Waals surface area contributed by atoms with Crippen molar-refractivity contribution in [1.82, 2.24) is 5.32 Å². The van der Waals surface area contributed by atoms with Gasteiger partial charge in [-0.15, -0.1) is 12.4 Å². The van der Waals surface area contributed by atoms with Crippen molar-refractivity contribution < 1.29 is 20.2 Å². The van der Waals surface area contributed by atoms with E-state index in [1.165, 1.54) is 0 Å². The van der Waals surface area contributed by atoms with E-state index in [1.54, 1.807) is 0 Å². The van der Waals surface area contributed by atoms with E-state index in [2.05, 4.69) is 33.0 Å². The fraction of sp³-hybridized carbons (Fsp3) is 0.963. The number of piperidine rings is 1. The average molecular weight is 499 g/mol. The first-order valence-electron chi connectivity index (χ1n) is 13.6. The molecule has 4 N–H and O–H groups in total. The van der Waals surface area contributed by atoms with E-state index in [0.29, 0.717) is 11.8 Å². The molecule has 5 rings (SSSR count). The standard InChI is InChI=1S/C27H46N2O4.ClH/c1-25(2)20(29-33-16-9-13-28-14-10-16)8-12-27(4)19-7-11-26(3)18(5-6-21(26)31)22(19)23(32)17(15-30)24(25)27;/h16-19,21-24,28,30-32H,5-15H2,1-4H3;1H/b29-20+;/t17-,18-,19-,21-,22-,23+,24?,26-,27+;/m0./s1. The number of aliphatic hydroxyl groups excluding tert-OH is 3. The average Bonchev–Trinajstić information content (AvgIpc) is 3.09. The smallest absolute Gasteiger partial charge is 0.130 e. The molecule has 7 heteroatoms. The van der Waals surface area contributed by atoms with Crippen LogP contribution in [0.2, 0.25) is 0 Å². The molecule has 1 saturated heterocycles. The summed E-state index contributed by atoms with van der Waals surface area (Å²) in [5.74, 6) is 0.922. The molecule has 9 atom stereocenters. The van der Waals surface area contributed by atoms with E-state index in [1.807, 2.05) is 0 Å². The van der Waals surface area contributed by atoms with E-state index < -0.39 is 6.10 Å². The lowest BCUT2D eigenvalue weighted by atomic mass is 9.38. The third-order valence-electron chi connectivity index (χ3n) is 11.3. The Labute approximate surface area is 211 Å². The minimum atomic E-state index is -0.531. The Bertz CT molecular complexity index is 772. The summed E-state index contributed by atoms with van der Waals surface area (Å²) in [7, 11) is 0. The summed E-state index contributed by atoms with van der Waals surface area (Å²) in [5.41, 5.74) is 0.813. The maximum absolute atomic E-state index is 11.8. The molecular formula is C27H47ClN2O4. The van der Waals surface area contributed by atoms with Gasteiger partial charge in [-0.05, 0) is 99.0 Å². The lowest BCUT2D eigenvalue weighted by Crippen LogP contribution is -2.66. The van der Waals surface area contributed by atoms with Crippen LogP contribution < -0.4 is 5.32 Å². The molecule has 6 nitrogen and oxygen atoms in total. The Morgan fingerprint density at radius 3 is 2.29 bits per heavy atom. The topological polar surface area (TPSA) is 94.3 Å². The van der Waals surface area contributed by atoms with Gasteiger partial charge in [0.2, 0.25) is 0 Å². The van der Waals surface area contributed by atoms with Crippen LogP contribution in [0.1, 0.15) is 79.1 Å². The van der Waals surface area contributed by atoms with Crippen LogP contribution in [0.25, 0.3) is 0 Å². The first-order chi connectivity index (χ1) is 15.6. The molecule has 0 aromatic rings. The third-order valence-corrected chi connectivity index (χ3v) is 11.3. The van der Waals surface area contributed by atoms with Gasteiger partial charge in [0, 0.05) is 17.9 Å². The normalized spacial score (nSPS) is 49.5. The summed E-state index contributed by atoms with van der Waals surface area (Å²) < 4.78 is 0. The zero-order valence-electron chi connectivity index (χ0n) is 21.5. The monoisotopic (exact) mass is 498 g/mol. The van der Waals surface area contributed by atoms with Crippen LogP contribution in [0, 0.1) is 45.8 Å². The Morgan fingerprint density at radius 1 is 0.941 bits per heavy atom. The second kappa shape index (κ2) is 9.48. The van der Waals surface area contributed by atoms with Crippen molar-refractivity contribution >= 4 is 18.1 Å². The maximum atomic E-state index is 11.8. The van der Waals surface area contributed by atoms with Gasteiger partial charge in [0.25, 0.3) is 0 Å². The SMILES string of the molecule is CC1(C)/C(=N/OC2CCNCC2)CC[C@@]2(C)C1[C@@H](CO)[C@@H](O)[C@H]1[C@@H]3CC[C@H](O)[C@@]3(C)CC[C@@H]12.Cl. The van der Waals surface area contributed by atoms with Crippen LogP contribution in [0.3, 0.4) is 0 Å². The van der Waals surface area contributed by atoms with E-state index >= 15 is 0 Å². The zero-order valence-corrected chi connectivity index (χ0v) is 22.3. The quantitative estimate of drug-likeness (QED) is 0.444. The summed E-state index contributed by atoms with van der Waals surface area (Å²) in [6, 6.07) is 0. The van der Waals surface area contributed by atoms with Gasteiger partial charge in [0.15, 0.2) is 0 Å². The summed E-state index contributed by atoms with van der Waals surface area (Å²) in [6.45, 7) is 11.2. The van der Waals surface area contributed by atoms with Gasteiger partial charge >= 0.3 is 0 Å². The number of halogens is 1. The molecule has 0 aromatic heterocycles. The van der Waals surface area contributed by atoms with Gasteiger partial charge in [-0.25, -0.2) is 0 Å². The van der Waals surface area contributed by atoms with Gasteiger partial charge in [-0.2, -0.15) is 0 Å². The molecule has 4 aliphatic carbocycles. The Morgan fingerprint density at radius 2 is 1.62 bits per heavy atom. The number of nitrogens with zero attached hydrogens (tertiary/aromatic N) is 1. The van der Waals surface area contributed by atoms with E-state index in [9.17, 15) is 15.3 Å². The van der Waals surface area contributed by atoms with Crippen molar-refractivity contribution in [2.45, 2.75) is 97.4 Å². The lowest BCUT2D eigenvalue weighted by molar-refractivity contribution is -0.213. The summed E-state index contributed by atoms with van der Waals surface area (Å²) >= 11 is 0. The molecule has 196 valence electrons. The van der Waals surface area contributed by atoms with Crippen LogP contribution in [0.15, 0.2) is 5.16 Å². The fourth-order valence-corrected chi connectivity index (χ4v) is 9.62. The molecule has 34 heavy (non-hydrogen) atoms. The van der Waals surface area contributed by atoms with Crippen LogP contribution in [-0.2, 0) is 4.84 Å². The first kappa shape index (κ1) is 26.7. The number of oxime groups is 1. The van der Waals surface area contributed by atoms with Gasteiger partial charge in [-0.3, -0.25) is 0 Å². The lowest BCUT2D eigenvalue weighted by Gasteiger charge is -2.67. The Kier molecular flexibility index (Phi) is 7.43. The summed E-state index contributed by atoms with van der Waals surface area (Å²) in [5, 5.41) is 41.3. The highest BCUT2D eigenvalue weighted by molar-refractivity contribution is 5.90. The number of fused-ring (bicyclic) bond motifs is 5. The van der Waals surface area contributed by atoms with Crippen LogP contribution in [-0.4, -0.2) is 59.0 Å². The molecule has 1 heterocycles. The van der Waals surface area contributed by atoms with Crippen molar-refractivity contribution in [3.63, 3.8) is 0 Å². The number of rotatable bonds is 3. The third kappa shape index (κ3) is 3.86. The van der Waals surface area contributed by atoms with Crippen LogP contribution in [0.4, 0.5) is 0 Å². The van der Waals surface area contributed by atoms with Crippen LogP contribution >= 0.6 is 12.4 Å². The second-order valence-corrected chi connectivity index (χ2v) is 13.1. The molecule has 0 aromatic carbocycles. The van der Waals surface area contributed by atoms with Crippen molar-refractivity contribution in [1.29, 1.82) is 0 Å².